The van der Waals surface area contributed by atoms with E-state index in [1.54, 1.807) is 25.7 Å². The number of hydrogen-bond donors (Lipinski definition) is 0. The highest BCUT2D eigenvalue weighted by Crippen LogP contribution is 2.27. The fourth-order valence-corrected chi connectivity index (χ4v) is 1.64. The van der Waals surface area contributed by atoms with Crippen molar-refractivity contribution in [1.82, 2.24) is 9.97 Å². The molecule has 0 N–H and O–H groups in total. The lowest BCUT2D eigenvalue weighted by atomic mass is 10.2. The Kier molecular flexibility index (Phi) is 2.14. The van der Waals surface area contributed by atoms with Crippen molar-refractivity contribution in [2.24, 2.45) is 0 Å². The second-order valence-corrected chi connectivity index (χ2v) is 3.39. The molecule has 0 fully saturated rings. The molecule has 2 rings (SSSR count). The first-order chi connectivity index (χ1) is 6.33. The number of rotatable bonds is 1. The van der Waals surface area contributed by atoms with Crippen LogP contribution in [0.5, 0.6) is 5.88 Å². The molecule has 0 saturated carbocycles. The van der Waals surface area contributed by atoms with Crippen molar-refractivity contribution in [2.75, 3.05) is 7.11 Å². The Morgan fingerprint density at radius 2 is 2.15 bits per heavy atom. The minimum absolute atomic E-state index is 0.603. The van der Waals surface area contributed by atoms with E-state index in [0.717, 1.165) is 15.2 Å². The number of fused-ring (bicyclic) bond motifs is 1. The largest absolute Gasteiger partial charge is 0.481 e. The van der Waals surface area contributed by atoms with Crippen molar-refractivity contribution in [1.29, 1.82) is 0 Å². The summed E-state index contributed by atoms with van der Waals surface area (Å²) in [5, 5.41) is 1.97. The predicted molar refractivity (Wildman–Crippen MR) is 53.8 cm³/mol. The number of ether oxygens (including phenoxy) is 1. The normalized spacial score (nSPS) is 10.3. The smallest absolute Gasteiger partial charge is 0.222 e. The zero-order valence-corrected chi connectivity index (χ0v) is 8.58. The number of methoxy groups -OCH3 is 1. The van der Waals surface area contributed by atoms with Crippen LogP contribution in [0.2, 0.25) is 0 Å². The highest BCUT2D eigenvalue weighted by Gasteiger charge is 2.04. The fraction of sp³-hybridized carbons (Fsp3) is 0.111. The molecule has 3 nitrogen and oxygen atoms in total. The molecule has 2 aromatic heterocycles. The van der Waals surface area contributed by atoms with Gasteiger partial charge in [-0.3, -0.25) is 4.98 Å². The first kappa shape index (κ1) is 8.44. The third-order valence-electron chi connectivity index (χ3n) is 1.80. The maximum atomic E-state index is 5.11. The minimum Gasteiger partial charge on any atom is -0.481 e. The van der Waals surface area contributed by atoms with Crippen LogP contribution in [0, 0.1) is 0 Å². The van der Waals surface area contributed by atoms with Gasteiger partial charge < -0.3 is 4.74 Å². The molecular weight excluding hydrogens is 232 g/mol. The van der Waals surface area contributed by atoms with Crippen molar-refractivity contribution < 1.29 is 4.74 Å². The first-order valence-electron chi connectivity index (χ1n) is 3.75. The maximum absolute atomic E-state index is 5.11. The molecule has 13 heavy (non-hydrogen) atoms. The van der Waals surface area contributed by atoms with Crippen LogP contribution in [0.4, 0.5) is 0 Å². The molecule has 0 bridgehead atoms. The Labute approximate surface area is 83.9 Å². The molecule has 0 saturated heterocycles. The summed E-state index contributed by atoms with van der Waals surface area (Å²) in [5.41, 5.74) is 0. The molecule has 0 unspecified atom stereocenters. The van der Waals surface area contributed by atoms with E-state index in [9.17, 15) is 0 Å². The molecule has 0 spiro atoms. The van der Waals surface area contributed by atoms with E-state index in [1.165, 1.54) is 0 Å². The van der Waals surface area contributed by atoms with Gasteiger partial charge in [0.2, 0.25) is 5.88 Å². The van der Waals surface area contributed by atoms with Crippen molar-refractivity contribution in [3.63, 3.8) is 0 Å². The molecule has 4 heteroatoms. The molecule has 0 aliphatic carbocycles. The number of aromatic nitrogens is 2. The zero-order valence-electron chi connectivity index (χ0n) is 6.99. The van der Waals surface area contributed by atoms with Gasteiger partial charge in [-0.15, -0.1) is 0 Å². The summed E-state index contributed by atoms with van der Waals surface area (Å²) >= 11 is 3.41. The van der Waals surface area contributed by atoms with Gasteiger partial charge in [-0.25, -0.2) is 4.98 Å². The van der Waals surface area contributed by atoms with Crippen LogP contribution in [0.15, 0.2) is 29.1 Å². The van der Waals surface area contributed by atoms with Crippen LogP contribution in [-0.4, -0.2) is 17.1 Å². The molecule has 2 heterocycles. The van der Waals surface area contributed by atoms with Gasteiger partial charge in [0.15, 0.2) is 0 Å². The molecule has 0 radical (unpaired) electrons. The summed E-state index contributed by atoms with van der Waals surface area (Å²) in [4.78, 5) is 8.14. The van der Waals surface area contributed by atoms with Gasteiger partial charge in [0.1, 0.15) is 0 Å². The molecule has 0 aliphatic heterocycles. The van der Waals surface area contributed by atoms with Gasteiger partial charge in [-0.2, -0.15) is 0 Å². The maximum Gasteiger partial charge on any atom is 0.222 e. The third kappa shape index (κ3) is 1.37. The van der Waals surface area contributed by atoms with Crippen molar-refractivity contribution >= 4 is 26.7 Å². The Morgan fingerprint density at radius 1 is 1.31 bits per heavy atom. The molecule has 0 aliphatic rings. The van der Waals surface area contributed by atoms with Crippen molar-refractivity contribution in [3.05, 3.63) is 29.1 Å². The predicted octanol–water partition coefficient (Wildman–Crippen LogP) is 2.40. The molecule has 0 amide bonds. The van der Waals surface area contributed by atoms with Gasteiger partial charge >= 0.3 is 0 Å². The van der Waals surface area contributed by atoms with Gasteiger partial charge in [0, 0.05) is 28.4 Å². The topological polar surface area (TPSA) is 35.0 Å². The highest BCUT2D eigenvalue weighted by molar-refractivity contribution is 9.10. The van der Waals surface area contributed by atoms with E-state index in [4.69, 9.17) is 4.74 Å². The zero-order chi connectivity index (χ0) is 9.26. The van der Waals surface area contributed by atoms with Crippen LogP contribution in [-0.2, 0) is 0 Å². The Bertz CT molecular complexity index is 445. The van der Waals surface area contributed by atoms with Crippen LogP contribution >= 0.6 is 15.9 Å². The highest BCUT2D eigenvalue weighted by atomic mass is 79.9. The summed E-state index contributed by atoms with van der Waals surface area (Å²) in [6.07, 6.45) is 5.21. The second kappa shape index (κ2) is 3.30. The number of nitrogens with zero attached hydrogens (tertiary/aromatic N) is 2. The van der Waals surface area contributed by atoms with Gasteiger partial charge in [0.25, 0.3) is 0 Å². The van der Waals surface area contributed by atoms with E-state index >= 15 is 0 Å². The van der Waals surface area contributed by atoms with Crippen LogP contribution in [0.1, 0.15) is 0 Å². The number of pyridine rings is 2. The molecule has 0 atom stereocenters. The molecular formula is C9H7BrN2O. The van der Waals surface area contributed by atoms with E-state index in [-0.39, 0.29) is 0 Å². The standard InChI is InChI=1S/C9H7BrN2O/c1-13-9-7-4-11-3-2-6(7)8(10)5-12-9/h2-5H,1H3. The van der Waals surface area contributed by atoms with Gasteiger partial charge in [0.05, 0.1) is 12.5 Å². The quantitative estimate of drug-likeness (QED) is 0.766. The van der Waals surface area contributed by atoms with Crippen LogP contribution in [0.3, 0.4) is 0 Å². The van der Waals surface area contributed by atoms with E-state index < -0.39 is 0 Å². The lowest BCUT2D eigenvalue weighted by Gasteiger charge is -2.04. The number of hydrogen-bond acceptors (Lipinski definition) is 3. The lowest BCUT2D eigenvalue weighted by molar-refractivity contribution is 0.403. The first-order valence-corrected chi connectivity index (χ1v) is 4.54. The van der Waals surface area contributed by atoms with Crippen LogP contribution in [0.25, 0.3) is 10.8 Å². The van der Waals surface area contributed by atoms with E-state index in [1.807, 2.05) is 6.07 Å². The lowest BCUT2D eigenvalue weighted by Crippen LogP contribution is -1.89. The monoisotopic (exact) mass is 238 g/mol. The van der Waals surface area contributed by atoms with Crippen molar-refractivity contribution in [2.45, 2.75) is 0 Å². The summed E-state index contributed by atoms with van der Waals surface area (Å²) in [6.45, 7) is 0. The summed E-state index contributed by atoms with van der Waals surface area (Å²) < 4.78 is 6.06. The van der Waals surface area contributed by atoms with Crippen LogP contribution < -0.4 is 4.74 Å². The molecule has 0 aromatic carbocycles. The van der Waals surface area contributed by atoms with Crippen molar-refractivity contribution in [3.8, 4) is 5.88 Å². The Morgan fingerprint density at radius 3 is 2.92 bits per heavy atom. The third-order valence-corrected chi connectivity index (χ3v) is 2.43. The average molecular weight is 239 g/mol. The second-order valence-electron chi connectivity index (χ2n) is 2.54. The Hall–Kier alpha value is -1.16. The number of halogens is 1. The van der Waals surface area contributed by atoms with E-state index in [2.05, 4.69) is 25.9 Å². The van der Waals surface area contributed by atoms with E-state index in [0.29, 0.717) is 5.88 Å². The fourth-order valence-electron chi connectivity index (χ4n) is 1.19. The van der Waals surface area contributed by atoms with Gasteiger partial charge in [-0.05, 0) is 22.0 Å². The minimum atomic E-state index is 0.603. The molecule has 2 aromatic rings. The molecule has 66 valence electrons. The summed E-state index contributed by atoms with van der Waals surface area (Å²) in [6, 6.07) is 1.92. The van der Waals surface area contributed by atoms with Gasteiger partial charge in [-0.1, -0.05) is 0 Å². The Balaban J connectivity index is 2.84. The summed E-state index contributed by atoms with van der Waals surface area (Å²) in [7, 11) is 1.60. The average Bonchev–Trinajstić information content (AvgIpc) is 2.19. The SMILES string of the molecule is COc1ncc(Br)c2ccncc12. The summed E-state index contributed by atoms with van der Waals surface area (Å²) in [5.74, 6) is 0.603.